The van der Waals surface area contributed by atoms with E-state index in [2.05, 4.69) is 34.3 Å². The summed E-state index contributed by atoms with van der Waals surface area (Å²) in [6, 6.07) is 10.3. The summed E-state index contributed by atoms with van der Waals surface area (Å²) in [5.41, 5.74) is 1.68. The molecule has 0 aliphatic carbocycles. The fourth-order valence-electron chi connectivity index (χ4n) is 2.37. The number of fused-ring (bicyclic) bond motifs is 1. The van der Waals surface area contributed by atoms with Gasteiger partial charge in [0.2, 0.25) is 0 Å². The van der Waals surface area contributed by atoms with Crippen LogP contribution in [0.1, 0.15) is 23.5 Å². The molecule has 0 aliphatic rings. The number of thiophene rings is 1. The first kappa shape index (κ1) is 13.1. The summed E-state index contributed by atoms with van der Waals surface area (Å²) < 4.78 is 1.94. The first-order chi connectivity index (χ1) is 9.72. The monoisotopic (exact) mass is 287 g/mol. The van der Waals surface area contributed by atoms with Crippen LogP contribution >= 0.6 is 11.3 Å². The molecule has 0 fully saturated rings. The van der Waals surface area contributed by atoms with E-state index >= 15 is 0 Å². The third kappa shape index (κ3) is 2.09. The molecule has 3 aromatic heterocycles. The standard InChI is InChI=1S/C15H17N3OS/c1-11(13-6-5-9-20-13)17(2)15-12(10-19)18-8-4-3-7-14(18)16-15/h3-9,11,19H,10H2,1-2H3. The van der Waals surface area contributed by atoms with E-state index in [9.17, 15) is 5.11 Å². The normalized spacial score (nSPS) is 12.8. The van der Waals surface area contributed by atoms with Gasteiger partial charge in [-0.15, -0.1) is 11.3 Å². The van der Waals surface area contributed by atoms with E-state index in [0.29, 0.717) is 0 Å². The molecule has 5 heteroatoms. The summed E-state index contributed by atoms with van der Waals surface area (Å²) in [5.74, 6) is 0.833. The van der Waals surface area contributed by atoms with E-state index in [1.54, 1.807) is 11.3 Å². The summed E-state index contributed by atoms with van der Waals surface area (Å²) in [5, 5.41) is 11.8. The summed E-state index contributed by atoms with van der Waals surface area (Å²) in [7, 11) is 2.02. The second-order valence-electron chi connectivity index (χ2n) is 4.77. The number of aliphatic hydroxyl groups excluding tert-OH is 1. The maximum Gasteiger partial charge on any atom is 0.153 e. The van der Waals surface area contributed by atoms with Gasteiger partial charge in [0, 0.05) is 18.1 Å². The summed E-state index contributed by atoms with van der Waals surface area (Å²) in [6.45, 7) is 2.12. The van der Waals surface area contributed by atoms with Crippen molar-refractivity contribution in [2.45, 2.75) is 19.6 Å². The number of imidazole rings is 1. The molecule has 0 saturated heterocycles. The molecular formula is C15H17N3OS. The van der Waals surface area contributed by atoms with Crippen LogP contribution in [0.3, 0.4) is 0 Å². The van der Waals surface area contributed by atoms with Gasteiger partial charge < -0.3 is 10.0 Å². The van der Waals surface area contributed by atoms with Crippen LogP contribution in [0.15, 0.2) is 41.9 Å². The van der Waals surface area contributed by atoms with E-state index in [-0.39, 0.29) is 12.6 Å². The van der Waals surface area contributed by atoms with E-state index in [4.69, 9.17) is 0 Å². The van der Waals surface area contributed by atoms with Crippen molar-refractivity contribution in [3.63, 3.8) is 0 Å². The van der Waals surface area contributed by atoms with Gasteiger partial charge in [0.15, 0.2) is 5.82 Å². The second-order valence-corrected chi connectivity index (χ2v) is 5.75. The topological polar surface area (TPSA) is 40.8 Å². The average molecular weight is 287 g/mol. The quantitative estimate of drug-likeness (QED) is 0.801. The van der Waals surface area contributed by atoms with Gasteiger partial charge in [0.05, 0.1) is 18.3 Å². The molecular weight excluding hydrogens is 270 g/mol. The lowest BCUT2D eigenvalue weighted by Crippen LogP contribution is -2.22. The molecule has 0 aliphatic heterocycles. The summed E-state index contributed by atoms with van der Waals surface area (Å²) in [6.07, 6.45) is 1.93. The van der Waals surface area contributed by atoms with E-state index in [1.165, 1.54) is 4.88 Å². The van der Waals surface area contributed by atoms with Crippen molar-refractivity contribution in [3.8, 4) is 0 Å². The van der Waals surface area contributed by atoms with E-state index < -0.39 is 0 Å². The largest absolute Gasteiger partial charge is 0.390 e. The van der Waals surface area contributed by atoms with Crippen LogP contribution in [-0.2, 0) is 6.61 Å². The minimum atomic E-state index is -0.0258. The van der Waals surface area contributed by atoms with Gasteiger partial charge in [0.25, 0.3) is 0 Å². The Bertz CT molecular complexity index is 705. The molecule has 0 amide bonds. The SMILES string of the molecule is CC(c1cccs1)N(C)c1nc2ccccn2c1CO. The maximum absolute atomic E-state index is 9.68. The molecule has 3 aromatic rings. The Kier molecular flexibility index (Phi) is 3.46. The van der Waals surface area contributed by atoms with Crippen molar-refractivity contribution in [1.29, 1.82) is 0 Å². The first-order valence-corrected chi connectivity index (χ1v) is 7.43. The van der Waals surface area contributed by atoms with Crippen LogP contribution in [-0.4, -0.2) is 21.5 Å². The highest BCUT2D eigenvalue weighted by Gasteiger charge is 2.20. The molecule has 0 aromatic carbocycles. The highest BCUT2D eigenvalue weighted by Crippen LogP contribution is 2.30. The number of aliphatic hydroxyl groups is 1. The summed E-state index contributed by atoms with van der Waals surface area (Å²) in [4.78, 5) is 8.05. The molecule has 1 N–H and O–H groups in total. The Labute approximate surface area is 121 Å². The van der Waals surface area contributed by atoms with Crippen LogP contribution < -0.4 is 4.90 Å². The molecule has 1 unspecified atom stereocenters. The minimum absolute atomic E-state index is 0.0258. The van der Waals surface area contributed by atoms with Crippen LogP contribution in [0.4, 0.5) is 5.82 Å². The van der Waals surface area contributed by atoms with Crippen LogP contribution in [0, 0.1) is 0 Å². The molecule has 3 heterocycles. The van der Waals surface area contributed by atoms with Crippen molar-refractivity contribution in [2.24, 2.45) is 0 Å². The molecule has 3 rings (SSSR count). The average Bonchev–Trinajstić information content (AvgIpc) is 3.12. The lowest BCUT2D eigenvalue weighted by Gasteiger charge is -2.24. The predicted molar refractivity (Wildman–Crippen MR) is 82.3 cm³/mol. The fourth-order valence-corrected chi connectivity index (χ4v) is 3.19. The lowest BCUT2D eigenvalue weighted by molar-refractivity contribution is 0.276. The van der Waals surface area contributed by atoms with Gasteiger partial charge in [-0.3, -0.25) is 4.40 Å². The Balaban J connectivity index is 2.05. The molecule has 20 heavy (non-hydrogen) atoms. The number of aromatic nitrogens is 2. The zero-order valence-electron chi connectivity index (χ0n) is 11.5. The maximum atomic E-state index is 9.68. The van der Waals surface area contributed by atoms with Gasteiger partial charge in [-0.25, -0.2) is 4.98 Å². The molecule has 4 nitrogen and oxygen atoms in total. The summed E-state index contributed by atoms with van der Waals surface area (Å²) >= 11 is 1.74. The van der Waals surface area contributed by atoms with E-state index in [0.717, 1.165) is 17.2 Å². The van der Waals surface area contributed by atoms with Crippen molar-refractivity contribution in [3.05, 3.63) is 52.5 Å². The molecule has 0 bridgehead atoms. The zero-order chi connectivity index (χ0) is 14.1. The third-order valence-corrected chi connectivity index (χ3v) is 4.67. The lowest BCUT2D eigenvalue weighted by atomic mass is 10.2. The molecule has 104 valence electrons. The minimum Gasteiger partial charge on any atom is -0.390 e. The number of pyridine rings is 1. The Morgan fingerprint density at radius 3 is 2.90 bits per heavy atom. The van der Waals surface area contributed by atoms with Crippen molar-refractivity contribution < 1.29 is 5.11 Å². The second kappa shape index (κ2) is 5.26. The van der Waals surface area contributed by atoms with E-state index in [1.807, 2.05) is 35.8 Å². The van der Waals surface area contributed by atoms with Gasteiger partial charge in [-0.2, -0.15) is 0 Å². The first-order valence-electron chi connectivity index (χ1n) is 6.55. The Hall–Kier alpha value is -1.85. The number of hydrogen-bond donors (Lipinski definition) is 1. The Morgan fingerprint density at radius 2 is 2.20 bits per heavy atom. The highest BCUT2D eigenvalue weighted by molar-refractivity contribution is 7.10. The van der Waals surface area contributed by atoms with Crippen molar-refractivity contribution in [2.75, 3.05) is 11.9 Å². The third-order valence-electron chi connectivity index (χ3n) is 3.63. The van der Waals surface area contributed by atoms with Crippen LogP contribution in [0.2, 0.25) is 0 Å². The molecule has 0 saturated carbocycles. The Morgan fingerprint density at radius 1 is 1.35 bits per heavy atom. The number of nitrogens with zero attached hydrogens (tertiary/aromatic N) is 3. The molecule has 0 radical (unpaired) electrons. The fraction of sp³-hybridized carbons (Fsp3) is 0.267. The number of anilines is 1. The zero-order valence-corrected chi connectivity index (χ0v) is 12.3. The smallest absolute Gasteiger partial charge is 0.153 e. The molecule has 0 spiro atoms. The van der Waals surface area contributed by atoms with Gasteiger partial charge in [0.1, 0.15) is 5.65 Å². The van der Waals surface area contributed by atoms with Gasteiger partial charge >= 0.3 is 0 Å². The van der Waals surface area contributed by atoms with Crippen LogP contribution in [0.5, 0.6) is 0 Å². The predicted octanol–water partition coefficient (Wildman–Crippen LogP) is 3.09. The number of rotatable bonds is 4. The van der Waals surface area contributed by atoms with Crippen molar-refractivity contribution >= 4 is 22.8 Å². The van der Waals surface area contributed by atoms with Gasteiger partial charge in [-0.05, 0) is 30.5 Å². The highest BCUT2D eigenvalue weighted by atomic mass is 32.1. The van der Waals surface area contributed by atoms with Crippen molar-refractivity contribution in [1.82, 2.24) is 9.38 Å². The van der Waals surface area contributed by atoms with Crippen LogP contribution in [0.25, 0.3) is 5.65 Å². The number of hydrogen-bond acceptors (Lipinski definition) is 4. The van der Waals surface area contributed by atoms with Gasteiger partial charge in [-0.1, -0.05) is 12.1 Å². The molecule has 1 atom stereocenters.